The number of ketones is 1. The predicted molar refractivity (Wildman–Crippen MR) is 130 cm³/mol. The topological polar surface area (TPSA) is 77.0 Å². The van der Waals surface area contributed by atoms with E-state index in [1.807, 2.05) is 30.3 Å². The summed E-state index contributed by atoms with van der Waals surface area (Å²) >= 11 is 0. The van der Waals surface area contributed by atoms with E-state index in [9.17, 15) is 4.79 Å². The fraction of sp³-hybridized carbons (Fsp3) is 0.370. The van der Waals surface area contributed by atoms with Gasteiger partial charge in [-0.05, 0) is 35.7 Å². The number of aromatic nitrogens is 2. The van der Waals surface area contributed by atoms with Crippen LogP contribution in [0.25, 0.3) is 0 Å². The molecule has 0 radical (unpaired) electrons. The van der Waals surface area contributed by atoms with Gasteiger partial charge in [-0.1, -0.05) is 24.3 Å². The summed E-state index contributed by atoms with van der Waals surface area (Å²) in [4.78, 5) is 27.0. The van der Waals surface area contributed by atoms with E-state index in [1.54, 1.807) is 13.3 Å². The van der Waals surface area contributed by atoms with Gasteiger partial charge in [0.2, 0.25) is 12.7 Å². The fourth-order valence-electron chi connectivity index (χ4n) is 5.21. The zero-order chi connectivity index (χ0) is 23.8. The summed E-state index contributed by atoms with van der Waals surface area (Å²) in [6.45, 7) is 4.67. The molecule has 1 unspecified atom stereocenters. The molecule has 1 saturated heterocycles. The average Bonchev–Trinajstić information content (AvgIpc) is 3.37. The molecule has 3 heterocycles. The van der Waals surface area contributed by atoms with Gasteiger partial charge in [0.05, 0.1) is 18.4 Å². The van der Waals surface area contributed by atoms with Crippen LogP contribution in [0.3, 0.4) is 0 Å². The molecular weight excluding hydrogens is 444 g/mol. The summed E-state index contributed by atoms with van der Waals surface area (Å²) in [5.74, 6) is 3.33. The number of hydrogen-bond acceptors (Lipinski definition) is 8. The Kier molecular flexibility index (Phi) is 5.74. The lowest BCUT2D eigenvalue weighted by Crippen LogP contribution is -2.46. The highest BCUT2D eigenvalue weighted by Gasteiger charge is 2.30. The van der Waals surface area contributed by atoms with Crippen LogP contribution in [-0.2, 0) is 13.0 Å². The largest absolute Gasteiger partial charge is 0.496 e. The quantitative estimate of drug-likeness (QED) is 0.559. The van der Waals surface area contributed by atoms with Crippen molar-refractivity contribution in [3.63, 3.8) is 0 Å². The highest BCUT2D eigenvalue weighted by molar-refractivity contribution is 5.98. The van der Waals surface area contributed by atoms with Crippen molar-refractivity contribution in [3.05, 3.63) is 71.0 Å². The summed E-state index contributed by atoms with van der Waals surface area (Å²) < 4.78 is 16.5. The number of carbonyl (C=O) groups is 1. The van der Waals surface area contributed by atoms with Crippen LogP contribution in [0.4, 0.5) is 5.95 Å². The minimum absolute atomic E-state index is 0.0625. The van der Waals surface area contributed by atoms with E-state index in [2.05, 4.69) is 26.9 Å². The van der Waals surface area contributed by atoms with Crippen LogP contribution in [0.2, 0.25) is 0 Å². The molecule has 6 rings (SSSR count). The molecule has 0 spiro atoms. The lowest BCUT2D eigenvalue weighted by molar-refractivity contribution is 0.0962. The van der Waals surface area contributed by atoms with Crippen LogP contribution in [0, 0.1) is 0 Å². The van der Waals surface area contributed by atoms with Gasteiger partial charge in [0, 0.05) is 51.3 Å². The van der Waals surface area contributed by atoms with Crippen molar-refractivity contribution in [2.45, 2.75) is 25.3 Å². The number of Topliss-reactive ketones (excluding diaryl/α,β-unsaturated/α-hetero) is 1. The summed E-state index contributed by atoms with van der Waals surface area (Å²) in [5, 5.41) is 0. The third-order valence-electron chi connectivity index (χ3n) is 7.10. The summed E-state index contributed by atoms with van der Waals surface area (Å²) in [7, 11) is 1.67. The second-order valence-electron chi connectivity index (χ2n) is 9.25. The molecule has 0 saturated carbocycles. The molecule has 2 aliphatic heterocycles. The van der Waals surface area contributed by atoms with Crippen LogP contribution in [0.15, 0.2) is 48.7 Å². The van der Waals surface area contributed by atoms with Gasteiger partial charge < -0.3 is 19.1 Å². The molecule has 1 aliphatic carbocycles. The molecule has 8 heteroatoms. The summed E-state index contributed by atoms with van der Waals surface area (Å²) in [5.41, 5.74) is 3.77. The van der Waals surface area contributed by atoms with Gasteiger partial charge in [-0.2, -0.15) is 0 Å². The van der Waals surface area contributed by atoms with Crippen molar-refractivity contribution in [3.8, 4) is 17.2 Å². The fourth-order valence-corrected chi connectivity index (χ4v) is 5.21. The number of rotatable bonds is 5. The standard InChI is InChI=1S/C27H28N4O4/c1-33-24-5-3-2-4-20(24)19-13-22-21(23(32)14-19)15-28-27(29-22)31-10-8-30(9-11-31)16-18-6-7-25-26(12-18)35-17-34-25/h2-7,12,15,19H,8-11,13-14,16-17H2,1H3. The van der Waals surface area contributed by atoms with Crippen molar-refractivity contribution in [1.29, 1.82) is 0 Å². The molecular formula is C27H28N4O4. The highest BCUT2D eigenvalue weighted by Crippen LogP contribution is 2.37. The second kappa shape index (κ2) is 9.19. The minimum atomic E-state index is 0.0625. The molecule has 8 nitrogen and oxygen atoms in total. The van der Waals surface area contributed by atoms with Gasteiger partial charge in [-0.15, -0.1) is 0 Å². The van der Waals surface area contributed by atoms with Gasteiger partial charge in [0.25, 0.3) is 0 Å². The average molecular weight is 473 g/mol. The Morgan fingerprint density at radius 2 is 1.86 bits per heavy atom. The van der Waals surface area contributed by atoms with E-state index >= 15 is 0 Å². The Balaban J connectivity index is 1.13. The first-order valence-electron chi connectivity index (χ1n) is 12.1. The molecule has 1 aromatic heterocycles. The number of nitrogens with zero attached hydrogens (tertiary/aromatic N) is 4. The number of benzene rings is 2. The van der Waals surface area contributed by atoms with Crippen LogP contribution >= 0.6 is 0 Å². The maximum absolute atomic E-state index is 12.9. The SMILES string of the molecule is COc1ccccc1C1CC(=O)c2cnc(N3CCN(Cc4ccc5c(c4)OCO5)CC3)nc2C1. The lowest BCUT2D eigenvalue weighted by Gasteiger charge is -2.35. The second-order valence-corrected chi connectivity index (χ2v) is 9.25. The summed E-state index contributed by atoms with van der Waals surface area (Å²) in [6, 6.07) is 14.1. The van der Waals surface area contributed by atoms with Gasteiger partial charge in [0.1, 0.15) is 5.75 Å². The number of piperazine rings is 1. The zero-order valence-corrected chi connectivity index (χ0v) is 19.8. The van der Waals surface area contributed by atoms with E-state index in [0.717, 1.165) is 61.2 Å². The van der Waals surface area contributed by atoms with Crippen LogP contribution in [-0.4, -0.2) is 60.7 Å². The Morgan fingerprint density at radius 3 is 2.71 bits per heavy atom. The maximum atomic E-state index is 12.9. The number of carbonyl (C=O) groups excluding carboxylic acids is 1. The lowest BCUT2D eigenvalue weighted by atomic mass is 9.82. The molecule has 0 bridgehead atoms. The van der Waals surface area contributed by atoms with Gasteiger partial charge in [-0.25, -0.2) is 9.97 Å². The van der Waals surface area contributed by atoms with E-state index < -0.39 is 0 Å². The molecule has 2 aromatic carbocycles. The Morgan fingerprint density at radius 1 is 1.03 bits per heavy atom. The van der Waals surface area contributed by atoms with Crippen molar-refractivity contribution in [2.24, 2.45) is 0 Å². The summed E-state index contributed by atoms with van der Waals surface area (Å²) in [6.07, 6.45) is 2.88. The van der Waals surface area contributed by atoms with Crippen molar-refractivity contribution >= 4 is 11.7 Å². The third kappa shape index (κ3) is 4.30. The first kappa shape index (κ1) is 21.9. The van der Waals surface area contributed by atoms with Gasteiger partial charge >= 0.3 is 0 Å². The van der Waals surface area contributed by atoms with Crippen molar-refractivity contribution in [1.82, 2.24) is 14.9 Å². The first-order chi connectivity index (χ1) is 17.2. The number of ether oxygens (including phenoxy) is 3. The molecule has 1 fully saturated rings. The number of anilines is 1. The van der Waals surface area contributed by atoms with E-state index in [-0.39, 0.29) is 11.7 Å². The number of hydrogen-bond donors (Lipinski definition) is 0. The normalized spacial score (nSPS) is 19.5. The van der Waals surface area contributed by atoms with E-state index in [1.165, 1.54) is 5.56 Å². The molecule has 1 atom stereocenters. The molecule has 35 heavy (non-hydrogen) atoms. The van der Waals surface area contributed by atoms with Crippen molar-refractivity contribution < 1.29 is 19.0 Å². The minimum Gasteiger partial charge on any atom is -0.496 e. The highest BCUT2D eigenvalue weighted by atomic mass is 16.7. The molecule has 3 aliphatic rings. The Labute approximate surface area is 204 Å². The first-order valence-corrected chi connectivity index (χ1v) is 12.1. The van der Waals surface area contributed by atoms with Crippen LogP contribution in [0.1, 0.15) is 39.5 Å². The monoisotopic (exact) mass is 472 g/mol. The number of fused-ring (bicyclic) bond motifs is 2. The molecule has 3 aromatic rings. The van der Waals surface area contributed by atoms with Gasteiger partial charge in [-0.3, -0.25) is 9.69 Å². The van der Waals surface area contributed by atoms with Crippen LogP contribution in [0.5, 0.6) is 17.2 Å². The Bertz CT molecular complexity index is 1260. The number of para-hydroxylation sites is 1. The van der Waals surface area contributed by atoms with Crippen LogP contribution < -0.4 is 19.1 Å². The zero-order valence-electron chi connectivity index (χ0n) is 19.8. The Hall–Kier alpha value is -3.65. The maximum Gasteiger partial charge on any atom is 0.231 e. The molecule has 0 amide bonds. The van der Waals surface area contributed by atoms with E-state index in [0.29, 0.717) is 31.1 Å². The van der Waals surface area contributed by atoms with Crippen molar-refractivity contribution in [2.75, 3.05) is 45.0 Å². The smallest absolute Gasteiger partial charge is 0.231 e. The van der Waals surface area contributed by atoms with Gasteiger partial charge in [0.15, 0.2) is 17.3 Å². The third-order valence-corrected chi connectivity index (χ3v) is 7.10. The predicted octanol–water partition coefficient (Wildman–Crippen LogP) is 3.45. The molecule has 0 N–H and O–H groups in total. The van der Waals surface area contributed by atoms with E-state index in [4.69, 9.17) is 19.2 Å². The number of methoxy groups -OCH3 is 1. The molecule has 180 valence electrons.